The molecule has 266 valence electrons. The van der Waals surface area contributed by atoms with E-state index < -0.39 is 5.82 Å². The van der Waals surface area contributed by atoms with E-state index >= 15 is 0 Å². The van der Waals surface area contributed by atoms with Crippen molar-refractivity contribution in [2.45, 2.75) is 88.8 Å². The lowest BCUT2D eigenvalue weighted by Gasteiger charge is -2.41. The number of benzene rings is 2. The number of fused-ring (bicyclic) bond motifs is 1. The van der Waals surface area contributed by atoms with Gasteiger partial charge in [0, 0.05) is 60.7 Å². The Morgan fingerprint density at radius 3 is 2.51 bits per heavy atom. The van der Waals surface area contributed by atoms with Gasteiger partial charge in [-0.25, -0.2) is 4.39 Å². The van der Waals surface area contributed by atoms with Crippen molar-refractivity contribution >= 4 is 23.3 Å². The SMILES string of the molecule is CC1CCC(=O)NC(=O)[C@@H]1N1CCc2c(C3CCC(N4CCC(n5cc(-c6cc(-c7cc(F)ccc7O)nnc6N)cn5)CC4)CC3)cccc21. The van der Waals surface area contributed by atoms with E-state index in [1.165, 1.54) is 47.9 Å². The van der Waals surface area contributed by atoms with Gasteiger partial charge in [-0.1, -0.05) is 19.1 Å². The zero-order valence-corrected chi connectivity index (χ0v) is 29.0. The van der Waals surface area contributed by atoms with Crippen LogP contribution < -0.4 is 16.0 Å². The first-order valence-electron chi connectivity index (χ1n) is 18.4. The maximum Gasteiger partial charge on any atom is 0.249 e. The van der Waals surface area contributed by atoms with Gasteiger partial charge in [0.05, 0.1) is 17.9 Å². The summed E-state index contributed by atoms with van der Waals surface area (Å²) in [6, 6.07) is 12.6. The Hall–Kier alpha value is -4.84. The number of rotatable bonds is 6. The molecule has 1 aliphatic carbocycles. The molecule has 51 heavy (non-hydrogen) atoms. The zero-order valence-electron chi connectivity index (χ0n) is 29.0. The number of phenolic OH excluding ortho intramolecular Hbond substituents is 1. The summed E-state index contributed by atoms with van der Waals surface area (Å²) in [5.41, 5.74) is 12.3. The highest BCUT2D eigenvalue weighted by molar-refractivity contribution is 6.00. The van der Waals surface area contributed by atoms with E-state index in [0.717, 1.165) is 63.7 Å². The second-order valence-corrected chi connectivity index (χ2v) is 14.8. The van der Waals surface area contributed by atoms with Crippen LogP contribution in [0, 0.1) is 11.7 Å². The van der Waals surface area contributed by atoms with Crippen LogP contribution in [-0.4, -0.2) is 73.5 Å². The van der Waals surface area contributed by atoms with Crippen LogP contribution in [0.4, 0.5) is 15.9 Å². The van der Waals surface area contributed by atoms with Crippen LogP contribution in [0.1, 0.15) is 81.4 Å². The monoisotopic (exact) mass is 692 g/mol. The minimum absolute atomic E-state index is 0.0793. The molecule has 4 N–H and O–H groups in total. The quantitative estimate of drug-likeness (QED) is 0.220. The number of hydrogen-bond donors (Lipinski definition) is 3. The van der Waals surface area contributed by atoms with Gasteiger partial charge >= 0.3 is 0 Å². The molecule has 5 heterocycles. The van der Waals surface area contributed by atoms with Gasteiger partial charge < -0.3 is 20.6 Å². The molecule has 0 radical (unpaired) electrons. The van der Waals surface area contributed by atoms with Gasteiger partial charge in [0.15, 0.2) is 5.82 Å². The van der Waals surface area contributed by atoms with Crippen molar-refractivity contribution in [3.8, 4) is 28.1 Å². The van der Waals surface area contributed by atoms with Crippen molar-refractivity contribution in [3.63, 3.8) is 0 Å². The number of anilines is 2. The number of nitrogens with zero attached hydrogens (tertiary/aromatic N) is 6. The third-order valence-electron chi connectivity index (χ3n) is 11.8. The van der Waals surface area contributed by atoms with Crippen LogP contribution in [0.5, 0.6) is 5.75 Å². The molecule has 2 saturated heterocycles. The number of carbonyl (C=O) groups excluding carboxylic acids is 2. The number of nitrogen functional groups attached to an aromatic ring is 1. The van der Waals surface area contributed by atoms with Crippen molar-refractivity contribution in [2.24, 2.45) is 5.92 Å². The van der Waals surface area contributed by atoms with Gasteiger partial charge in [-0.05, 0) is 105 Å². The number of piperidine rings is 1. The molecule has 4 aliphatic rings. The highest BCUT2D eigenvalue weighted by Crippen LogP contribution is 2.43. The molecule has 1 saturated carbocycles. The maximum atomic E-state index is 13.9. The average Bonchev–Trinajstić information content (AvgIpc) is 3.78. The fraction of sp³-hybridized carbons (Fsp3) is 0.462. The summed E-state index contributed by atoms with van der Waals surface area (Å²) in [6.07, 6.45) is 12.5. The third-order valence-corrected chi connectivity index (χ3v) is 11.8. The van der Waals surface area contributed by atoms with Gasteiger partial charge in [-0.2, -0.15) is 5.10 Å². The van der Waals surface area contributed by atoms with Crippen LogP contribution in [0.2, 0.25) is 0 Å². The van der Waals surface area contributed by atoms with E-state index in [1.807, 2.05) is 10.9 Å². The summed E-state index contributed by atoms with van der Waals surface area (Å²) in [7, 11) is 0. The van der Waals surface area contributed by atoms with Gasteiger partial charge in [0.2, 0.25) is 11.8 Å². The van der Waals surface area contributed by atoms with Crippen molar-refractivity contribution in [1.82, 2.24) is 30.2 Å². The normalized spacial score (nSPS) is 24.7. The molecule has 12 heteroatoms. The molecule has 1 unspecified atom stereocenters. The Kier molecular flexibility index (Phi) is 8.95. The molecule has 2 aromatic carbocycles. The number of nitrogens with two attached hydrogens (primary N) is 1. The number of phenols is 1. The lowest BCUT2D eigenvalue weighted by molar-refractivity contribution is -0.130. The Morgan fingerprint density at radius 1 is 0.902 bits per heavy atom. The predicted octanol–water partition coefficient (Wildman–Crippen LogP) is 5.60. The minimum Gasteiger partial charge on any atom is -0.507 e. The molecular formula is C39H45FN8O3. The minimum atomic E-state index is -0.473. The molecule has 11 nitrogen and oxygen atoms in total. The number of nitrogens with one attached hydrogen (secondary N) is 1. The molecule has 0 spiro atoms. The molecule has 2 amide bonds. The van der Waals surface area contributed by atoms with Crippen LogP contribution in [-0.2, 0) is 16.0 Å². The van der Waals surface area contributed by atoms with Crippen LogP contribution >= 0.6 is 0 Å². The molecule has 4 aromatic rings. The summed E-state index contributed by atoms with van der Waals surface area (Å²) >= 11 is 0. The number of aromatic nitrogens is 4. The molecule has 3 fully saturated rings. The Labute approximate surface area is 297 Å². The first-order chi connectivity index (χ1) is 24.7. The van der Waals surface area contributed by atoms with E-state index in [9.17, 15) is 19.1 Å². The van der Waals surface area contributed by atoms with E-state index in [0.29, 0.717) is 29.6 Å². The molecule has 8 rings (SSSR count). The van der Waals surface area contributed by atoms with Crippen LogP contribution in [0.3, 0.4) is 0 Å². The van der Waals surface area contributed by atoms with Gasteiger partial charge in [-0.15, -0.1) is 10.2 Å². The number of aromatic hydroxyl groups is 1. The highest BCUT2D eigenvalue weighted by atomic mass is 19.1. The second kappa shape index (κ2) is 13.7. The van der Waals surface area contributed by atoms with E-state index in [4.69, 9.17) is 10.8 Å². The summed E-state index contributed by atoms with van der Waals surface area (Å²) < 4.78 is 15.9. The smallest absolute Gasteiger partial charge is 0.249 e. The fourth-order valence-electron chi connectivity index (χ4n) is 9.08. The molecule has 2 atom stereocenters. The largest absolute Gasteiger partial charge is 0.507 e. The van der Waals surface area contributed by atoms with Crippen LogP contribution in [0.15, 0.2) is 54.9 Å². The highest BCUT2D eigenvalue weighted by Gasteiger charge is 2.39. The summed E-state index contributed by atoms with van der Waals surface area (Å²) in [6.45, 7) is 4.96. The third kappa shape index (κ3) is 6.45. The number of likely N-dealkylation sites (tertiary alicyclic amines) is 1. The first kappa shape index (κ1) is 33.3. The topological polar surface area (TPSA) is 142 Å². The molecular weight excluding hydrogens is 647 g/mol. The van der Waals surface area contributed by atoms with Crippen molar-refractivity contribution < 1.29 is 19.1 Å². The maximum absolute atomic E-state index is 13.9. The number of carbonyl (C=O) groups is 2. The Bertz CT molecular complexity index is 1950. The van der Waals surface area contributed by atoms with Crippen molar-refractivity contribution in [3.05, 3.63) is 71.8 Å². The summed E-state index contributed by atoms with van der Waals surface area (Å²) in [5, 5.41) is 25.8. The van der Waals surface area contributed by atoms with Crippen molar-refractivity contribution in [2.75, 3.05) is 30.3 Å². The van der Waals surface area contributed by atoms with E-state index in [2.05, 4.69) is 50.4 Å². The van der Waals surface area contributed by atoms with Gasteiger partial charge in [-0.3, -0.25) is 19.6 Å². The van der Waals surface area contributed by atoms with Gasteiger partial charge in [0.1, 0.15) is 17.6 Å². The second-order valence-electron chi connectivity index (χ2n) is 14.8. The Balaban J connectivity index is 0.883. The average molecular weight is 693 g/mol. The lowest BCUT2D eigenvalue weighted by atomic mass is 9.79. The number of imide groups is 1. The Morgan fingerprint density at radius 2 is 1.71 bits per heavy atom. The first-order valence-corrected chi connectivity index (χ1v) is 18.4. The lowest BCUT2D eigenvalue weighted by Crippen LogP contribution is -2.49. The molecule has 0 bridgehead atoms. The summed E-state index contributed by atoms with van der Waals surface area (Å²) in [4.78, 5) is 30.0. The van der Waals surface area contributed by atoms with E-state index in [1.54, 1.807) is 12.3 Å². The number of halogens is 1. The number of hydrogen-bond acceptors (Lipinski definition) is 9. The predicted molar refractivity (Wildman–Crippen MR) is 192 cm³/mol. The summed E-state index contributed by atoms with van der Waals surface area (Å²) in [5.74, 6) is 0.0228. The van der Waals surface area contributed by atoms with Crippen LogP contribution in [0.25, 0.3) is 22.4 Å². The molecule has 2 aromatic heterocycles. The van der Waals surface area contributed by atoms with Gasteiger partial charge in [0.25, 0.3) is 0 Å². The zero-order chi connectivity index (χ0) is 35.2. The van der Waals surface area contributed by atoms with Crippen molar-refractivity contribution in [1.29, 1.82) is 0 Å². The fourth-order valence-corrected chi connectivity index (χ4v) is 9.08. The standard InChI is InChI=1S/C39H45FN8O3/c1-23-5-12-36(50)43-39(51)37(23)47-18-15-30-29(3-2-4-34(30)47)24-6-9-27(10-7-24)46-16-13-28(14-17-46)48-22-25(21-42-48)31-20-33(44-45-38(31)41)32-19-26(40)8-11-35(32)49/h2-4,8,11,19-24,27-28,37,49H,5-7,9-10,12-18H2,1H3,(H2,41,45)(H,43,50,51)/t23?,24?,27?,37-/m1/s1. The number of amides is 2. The van der Waals surface area contributed by atoms with E-state index in [-0.39, 0.29) is 46.9 Å². The molecule has 3 aliphatic heterocycles.